The van der Waals surface area contributed by atoms with Crippen LogP contribution in [0.5, 0.6) is 0 Å². The Kier molecular flexibility index (Phi) is 12.1. The maximum atomic E-state index is 7.64. The predicted octanol–water partition coefficient (Wildman–Crippen LogP) is 13.0. The van der Waals surface area contributed by atoms with Gasteiger partial charge < -0.3 is 4.74 Å². The Hall–Kier alpha value is -0.160. The lowest BCUT2D eigenvalue weighted by Crippen LogP contribution is -2.74. The van der Waals surface area contributed by atoms with Crippen molar-refractivity contribution >= 4 is 0 Å². The SMILES string of the molecule is C1CCC(C2CCCC(C3NC(C4CCC5C(CCC6C7CCCCC7CCC56)C4)NC(C4CCC(C5CCCCC5)C5OC6CC7CCCCC7CC6C45)N3)C2)CC1. The fourth-order valence-corrected chi connectivity index (χ4v) is 20.2. The first-order chi connectivity index (χ1) is 29.2. The Bertz CT molecular complexity index is 1390. The molecule has 10 aliphatic carbocycles. The van der Waals surface area contributed by atoms with Crippen LogP contribution in [0.1, 0.15) is 212 Å². The molecular formula is C55H91N3O. The minimum Gasteiger partial charge on any atom is -0.374 e. The standard InChI is InChI=1S/C55H91N3O/c1-3-12-34(13-4-1)37-19-11-20-41(30-37)53-56-54(42-24-25-44-40(31-42)23-27-46-43-21-10-9-16-36(43)22-26-47(44)46)58-55(57-53)48-29-28-45(35-14-5-2-6-15-35)52-51(48)49-32-38-17-7-8-18-39(38)33-50(49)59-52/h34-58H,1-33H2. The molecule has 0 aromatic carbocycles. The van der Waals surface area contributed by atoms with E-state index < -0.39 is 0 Å². The molecule has 3 N–H and O–H groups in total. The molecule has 4 nitrogen and oxygen atoms in total. The van der Waals surface area contributed by atoms with Crippen LogP contribution in [0, 0.1) is 101 Å². The van der Waals surface area contributed by atoms with Gasteiger partial charge >= 0.3 is 0 Å². The van der Waals surface area contributed by atoms with Crippen molar-refractivity contribution in [3.8, 4) is 0 Å². The van der Waals surface area contributed by atoms with Crippen LogP contribution in [0.25, 0.3) is 0 Å². The smallest absolute Gasteiger partial charge is 0.0645 e. The molecule has 10 saturated carbocycles. The molecule has 0 aromatic heterocycles. The van der Waals surface area contributed by atoms with Crippen molar-refractivity contribution in [3.63, 3.8) is 0 Å². The maximum Gasteiger partial charge on any atom is 0.0645 e. The molecule has 4 heteroatoms. The number of rotatable bonds is 5. The molecule has 12 fully saturated rings. The van der Waals surface area contributed by atoms with E-state index in [1.807, 2.05) is 0 Å². The summed E-state index contributed by atoms with van der Waals surface area (Å²) < 4.78 is 7.64. The lowest BCUT2D eigenvalue weighted by molar-refractivity contribution is -0.0774. The predicted molar refractivity (Wildman–Crippen MR) is 241 cm³/mol. The zero-order valence-electron chi connectivity index (χ0n) is 37.9. The lowest BCUT2D eigenvalue weighted by atomic mass is 9.50. The van der Waals surface area contributed by atoms with E-state index >= 15 is 0 Å². The molecule has 332 valence electrons. The first-order valence-corrected chi connectivity index (χ1v) is 28.2. The second kappa shape index (κ2) is 17.7. The summed E-state index contributed by atoms with van der Waals surface area (Å²) in [5, 5.41) is 13.7. The highest BCUT2D eigenvalue weighted by atomic mass is 16.5. The number of hydrogen-bond acceptors (Lipinski definition) is 4. The van der Waals surface area contributed by atoms with Crippen molar-refractivity contribution < 1.29 is 4.74 Å². The second-order valence-corrected chi connectivity index (χ2v) is 25.2. The molecule has 2 saturated heterocycles. The highest BCUT2D eigenvalue weighted by Gasteiger charge is 2.59. The lowest BCUT2D eigenvalue weighted by Gasteiger charge is -2.57. The molecule has 2 aliphatic heterocycles. The molecule has 12 aliphatic rings. The third kappa shape index (κ3) is 7.82. The van der Waals surface area contributed by atoms with Crippen molar-refractivity contribution in [1.29, 1.82) is 0 Å². The fraction of sp³-hybridized carbons (Fsp3) is 1.00. The molecule has 20 unspecified atom stereocenters. The Morgan fingerprint density at radius 1 is 0.254 bits per heavy atom. The normalized spacial score (nSPS) is 53.5. The van der Waals surface area contributed by atoms with Crippen LogP contribution in [0.2, 0.25) is 0 Å². The zero-order valence-corrected chi connectivity index (χ0v) is 37.9. The second-order valence-electron chi connectivity index (χ2n) is 25.2. The van der Waals surface area contributed by atoms with Crippen LogP contribution in [0.15, 0.2) is 0 Å². The van der Waals surface area contributed by atoms with Gasteiger partial charge in [0, 0.05) is 0 Å². The van der Waals surface area contributed by atoms with E-state index in [0.29, 0.717) is 30.7 Å². The molecule has 59 heavy (non-hydrogen) atoms. The molecule has 0 amide bonds. The summed E-state index contributed by atoms with van der Waals surface area (Å²) in [5.74, 6) is 16.1. The summed E-state index contributed by atoms with van der Waals surface area (Å²) in [7, 11) is 0. The van der Waals surface area contributed by atoms with E-state index in [9.17, 15) is 0 Å². The highest BCUT2D eigenvalue weighted by Crippen LogP contribution is 2.60. The van der Waals surface area contributed by atoms with Gasteiger partial charge in [-0.3, -0.25) is 16.0 Å². The summed E-state index contributed by atoms with van der Waals surface area (Å²) >= 11 is 0. The molecule has 0 radical (unpaired) electrons. The van der Waals surface area contributed by atoms with Gasteiger partial charge in [-0.2, -0.15) is 0 Å². The van der Waals surface area contributed by atoms with Gasteiger partial charge in [0.1, 0.15) is 0 Å². The van der Waals surface area contributed by atoms with Crippen molar-refractivity contribution in [1.82, 2.24) is 16.0 Å². The Balaban J connectivity index is 0.810. The van der Waals surface area contributed by atoms with Gasteiger partial charge in [-0.15, -0.1) is 0 Å². The molecule has 0 spiro atoms. The Morgan fingerprint density at radius 2 is 0.712 bits per heavy atom. The van der Waals surface area contributed by atoms with E-state index in [0.717, 1.165) is 101 Å². The highest BCUT2D eigenvalue weighted by molar-refractivity contribution is 5.09. The van der Waals surface area contributed by atoms with Gasteiger partial charge in [0.15, 0.2) is 0 Å². The third-order valence-electron chi connectivity index (χ3n) is 22.8. The van der Waals surface area contributed by atoms with E-state index in [-0.39, 0.29) is 0 Å². The first kappa shape index (κ1) is 40.4. The van der Waals surface area contributed by atoms with E-state index in [1.54, 1.807) is 44.9 Å². The largest absolute Gasteiger partial charge is 0.374 e. The van der Waals surface area contributed by atoms with E-state index in [4.69, 9.17) is 4.74 Å². The monoisotopic (exact) mass is 810 g/mol. The maximum absolute atomic E-state index is 7.64. The van der Waals surface area contributed by atoms with Gasteiger partial charge in [-0.25, -0.2) is 0 Å². The van der Waals surface area contributed by atoms with Crippen LogP contribution >= 0.6 is 0 Å². The minimum absolute atomic E-state index is 0.461. The Morgan fingerprint density at radius 3 is 1.47 bits per heavy atom. The van der Waals surface area contributed by atoms with Gasteiger partial charge in [-0.1, -0.05) is 122 Å². The van der Waals surface area contributed by atoms with Gasteiger partial charge in [0.2, 0.25) is 0 Å². The van der Waals surface area contributed by atoms with E-state index in [2.05, 4.69) is 16.0 Å². The molecule has 20 atom stereocenters. The summed E-state index contributed by atoms with van der Waals surface area (Å²) in [4.78, 5) is 0. The number of fused-ring (bicyclic) bond motifs is 9. The van der Waals surface area contributed by atoms with Crippen LogP contribution in [-0.2, 0) is 4.74 Å². The van der Waals surface area contributed by atoms with Crippen LogP contribution < -0.4 is 16.0 Å². The summed E-state index contributed by atoms with van der Waals surface area (Å²) in [6.45, 7) is 0. The topological polar surface area (TPSA) is 45.3 Å². The molecule has 0 bridgehead atoms. The van der Waals surface area contributed by atoms with E-state index in [1.165, 1.54) is 167 Å². The minimum atomic E-state index is 0.461. The average molecular weight is 810 g/mol. The fourth-order valence-electron chi connectivity index (χ4n) is 20.2. The summed E-state index contributed by atoms with van der Waals surface area (Å²) in [6.07, 6.45) is 52.4. The third-order valence-corrected chi connectivity index (χ3v) is 22.8. The first-order valence-electron chi connectivity index (χ1n) is 28.2. The van der Waals surface area contributed by atoms with Crippen molar-refractivity contribution in [2.24, 2.45) is 101 Å². The summed E-state index contributed by atoms with van der Waals surface area (Å²) in [5.41, 5.74) is 0. The molecular weight excluding hydrogens is 719 g/mol. The molecule has 2 heterocycles. The quantitative estimate of drug-likeness (QED) is 0.259. The zero-order chi connectivity index (χ0) is 38.9. The van der Waals surface area contributed by atoms with Crippen LogP contribution in [-0.4, -0.2) is 30.7 Å². The average Bonchev–Trinajstić information content (AvgIpc) is 3.68. The molecule has 0 aromatic rings. The van der Waals surface area contributed by atoms with Gasteiger partial charge in [0.25, 0.3) is 0 Å². The Labute approximate surface area is 362 Å². The van der Waals surface area contributed by atoms with Crippen molar-refractivity contribution in [2.45, 2.75) is 243 Å². The van der Waals surface area contributed by atoms with Gasteiger partial charge in [-0.05, 0) is 190 Å². The number of hydrogen-bond donors (Lipinski definition) is 3. The van der Waals surface area contributed by atoms with Crippen LogP contribution in [0.4, 0.5) is 0 Å². The molecule has 12 rings (SSSR count). The van der Waals surface area contributed by atoms with Crippen molar-refractivity contribution in [2.75, 3.05) is 0 Å². The van der Waals surface area contributed by atoms with Crippen molar-refractivity contribution in [3.05, 3.63) is 0 Å². The van der Waals surface area contributed by atoms with Gasteiger partial charge in [0.05, 0.1) is 30.7 Å². The number of nitrogens with one attached hydrogen (secondary N) is 3. The summed E-state index contributed by atoms with van der Waals surface area (Å²) in [6, 6.07) is 0. The van der Waals surface area contributed by atoms with Crippen LogP contribution in [0.3, 0.4) is 0 Å². The number of ether oxygens (including phenoxy) is 1.